The summed E-state index contributed by atoms with van der Waals surface area (Å²) in [7, 11) is -3.96. The van der Waals surface area contributed by atoms with Gasteiger partial charge in [-0.3, -0.25) is 9.10 Å². The number of hydrogen-bond acceptors (Lipinski definition) is 4. The highest BCUT2D eigenvalue weighted by atomic mass is 32.2. The van der Waals surface area contributed by atoms with Crippen LogP contribution in [0.15, 0.2) is 53.4 Å². The number of nitrogens with one attached hydrogen (secondary N) is 1. The van der Waals surface area contributed by atoms with Gasteiger partial charge in [0.05, 0.1) is 17.2 Å². The quantitative estimate of drug-likeness (QED) is 0.611. The summed E-state index contributed by atoms with van der Waals surface area (Å²) in [6, 6.07) is 13.7. The maximum atomic E-state index is 13.6. The maximum Gasteiger partial charge on any atom is 0.264 e. The zero-order chi connectivity index (χ0) is 22.3. The molecular weight excluding hydrogens is 412 g/mol. The van der Waals surface area contributed by atoms with Gasteiger partial charge >= 0.3 is 0 Å². The molecule has 0 heterocycles. The summed E-state index contributed by atoms with van der Waals surface area (Å²) >= 11 is 0. The van der Waals surface area contributed by atoms with Crippen LogP contribution in [-0.2, 0) is 14.8 Å². The van der Waals surface area contributed by atoms with Crippen molar-refractivity contribution in [1.82, 2.24) is 5.32 Å². The predicted molar refractivity (Wildman–Crippen MR) is 123 cm³/mol. The van der Waals surface area contributed by atoms with Gasteiger partial charge in [-0.25, -0.2) is 8.42 Å². The Morgan fingerprint density at radius 2 is 1.68 bits per heavy atom. The van der Waals surface area contributed by atoms with Gasteiger partial charge in [0.2, 0.25) is 5.91 Å². The number of rotatable bonds is 8. The third kappa shape index (κ3) is 6.00. The summed E-state index contributed by atoms with van der Waals surface area (Å²) < 4.78 is 34.0. The van der Waals surface area contributed by atoms with Crippen LogP contribution >= 0.6 is 0 Å². The van der Waals surface area contributed by atoms with Crippen LogP contribution < -0.4 is 14.4 Å². The zero-order valence-electron chi connectivity index (χ0n) is 18.3. The summed E-state index contributed by atoms with van der Waals surface area (Å²) in [5.41, 5.74) is 1.33. The number of benzene rings is 2. The van der Waals surface area contributed by atoms with E-state index in [1.54, 1.807) is 48.5 Å². The van der Waals surface area contributed by atoms with Gasteiger partial charge in [0, 0.05) is 6.04 Å². The minimum Gasteiger partial charge on any atom is -0.492 e. The molecule has 1 aliphatic rings. The van der Waals surface area contributed by atoms with Gasteiger partial charge in [0.25, 0.3) is 10.0 Å². The normalized spacial score (nSPS) is 15.2. The van der Waals surface area contributed by atoms with Crippen LogP contribution in [0.1, 0.15) is 51.0 Å². The highest BCUT2D eigenvalue weighted by molar-refractivity contribution is 7.92. The second kappa shape index (κ2) is 10.7. The number of carbonyl (C=O) groups excluding carboxylic acids is 1. The van der Waals surface area contributed by atoms with Crippen LogP contribution in [-0.4, -0.2) is 33.5 Å². The number of sulfonamides is 1. The van der Waals surface area contributed by atoms with Crippen LogP contribution in [0.5, 0.6) is 5.75 Å². The Hall–Kier alpha value is -2.54. The van der Waals surface area contributed by atoms with E-state index in [9.17, 15) is 13.2 Å². The lowest BCUT2D eigenvalue weighted by Crippen LogP contribution is -2.44. The monoisotopic (exact) mass is 444 g/mol. The van der Waals surface area contributed by atoms with E-state index in [0.29, 0.717) is 18.0 Å². The van der Waals surface area contributed by atoms with E-state index in [-0.39, 0.29) is 23.4 Å². The molecule has 0 unspecified atom stereocenters. The number of aryl methyl sites for hydroxylation is 1. The van der Waals surface area contributed by atoms with Crippen molar-refractivity contribution in [2.24, 2.45) is 0 Å². The first-order valence-electron chi connectivity index (χ1n) is 11.0. The molecule has 0 aromatic heterocycles. The number of amides is 1. The second-order valence-electron chi connectivity index (χ2n) is 7.98. The fourth-order valence-corrected chi connectivity index (χ4v) is 5.34. The first-order chi connectivity index (χ1) is 14.9. The summed E-state index contributed by atoms with van der Waals surface area (Å²) in [4.78, 5) is 13.1. The summed E-state index contributed by atoms with van der Waals surface area (Å²) in [5, 5.41) is 3.06. The van der Waals surface area contributed by atoms with Gasteiger partial charge in [-0.2, -0.15) is 0 Å². The topological polar surface area (TPSA) is 75.7 Å². The minimum absolute atomic E-state index is 0.0982. The van der Waals surface area contributed by atoms with Crippen molar-refractivity contribution in [3.63, 3.8) is 0 Å². The Bertz CT molecular complexity index is 965. The third-order valence-corrected chi connectivity index (χ3v) is 7.32. The predicted octanol–water partition coefficient (Wildman–Crippen LogP) is 4.43. The molecule has 1 N–H and O–H groups in total. The van der Waals surface area contributed by atoms with Crippen LogP contribution in [0.2, 0.25) is 0 Å². The lowest BCUT2D eigenvalue weighted by atomic mass is 10.1. The van der Waals surface area contributed by atoms with Gasteiger partial charge in [-0.15, -0.1) is 0 Å². The summed E-state index contributed by atoms with van der Waals surface area (Å²) in [6.45, 7) is 3.84. The number of carbonyl (C=O) groups is 1. The average Bonchev–Trinajstić information content (AvgIpc) is 3.02. The summed E-state index contributed by atoms with van der Waals surface area (Å²) in [5.74, 6) is 0.136. The van der Waals surface area contributed by atoms with E-state index in [2.05, 4.69) is 5.32 Å². The Labute approximate surface area is 185 Å². The van der Waals surface area contributed by atoms with Gasteiger partial charge in [0.15, 0.2) is 0 Å². The lowest BCUT2D eigenvalue weighted by molar-refractivity contribution is -0.120. The Morgan fingerprint density at radius 1 is 1.03 bits per heavy atom. The second-order valence-corrected chi connectivity index (χ2v) is 9.84. The van der Waals surface area contributed by atoms with E-state index in [1.807, 2.05) is 13.8 Å². The molecule has 0 saturated heterocycles. The molecule has 31 heavy (non-hydrogen) atoms. The Balaban J connectivity index is 1.92. The standard InChI is InChI=1S/C24H32N2O4S/c1-3-30-23-13-9-8-12-22(23)26(31(28,29)21-16-14-19(2)15-17-21)18-24(27)25-20-10-6-4-5-7-11-20/h8-9,12-17,20H,3-7,10-11,18H2,1-2H3,(H,25,27). The Morgan fingerprint density at radius 3 is 2.32 bits per heavy atom. The van der Waals surface area contributed by atoms with E-state index in [1.165, 1.54) is 12.8 Å². The van der Waals surface area contributed by atoms with Gasteiger partial charge in [-0.1, -0.05) is 55.5 Å². The van der Waals surface area contributed by atoms with Crippen molar-refractivity contribution >= 4 is 21.6 Å². The highest BCUT2D eigenvalue weighted by Crippen LogP contribution is 2.32. The summed E-state index contributed by atoms with van der Waals surface area (Å²) in [6.07, 6.45) is 6.41. The van der Waals surface area contributed by atoms with Crippen molar-refractivity contribution in [1.29, 1.82) is 0 Å². The van der Waals surface area contributed by atoms with Crippen LogP contribution in [0.3, 0.4) is 0 Å². The molecule has 1 aliphatic carbocycles. The van der Waals surface area contributed by atoms with Crippen molar-refractivity contribution in [2.45, 2.75) is 63.3 Å². The van der Waals surface area contributed by atoms with Crippen molar-refractivity contribution in [2.75, 3.05) is 17.5 Å². The van der Waals surface area contributed by atoms with Crippen molar-refractivity contribution in [3.8, 4) is 5.75 Å². The fraction of sp³-hybridized carbons (Fsp3) is 0.458. The molecule has 1 saturated carbocycles. The van der Waals surface area contributed by atoms with Crippen LogP contribution in [0.4, 0.5) is 5.69 Å². The number of hydrogen-bond donors (Lipinski definition) is 1. The van der Waals surface area contributed by atoms with Gasteiger partial charge in [-0.05, 0) is 51.0 Å². The first kappa shape index (κ1) is 23.1. The molecule has 2 aromatic carbocycles. The number of para-hydroxylation sites is 2. The molecule has 0 aliphatic heterocycles. The van der Waals surface area contributed by atoms with Crippen LogP contribution in [0.25, 0.3) is 0 Å². The molecule has 0 bridgehead atoms. The molecule has 0 radical (unpaired) electrons. The molecule has 6 nitrogen and oxygen atoms in total. The smallest absolute Gasteiger partial charge is 0.264 e. The van der Waals surface area contributed by atoms with Crippen molar-refractivity contribution < 1.29 is 17.9 Å². The molecule has 168 valence electrons. The number of anilines is 1. The molecule has 0 spiro atoms. The first-order valence-corrected chi connectivity index (χ1v) is 12.5. The van der Waals surface area contributed by atoms with Gasteiger partial charge < -0.3 is 10.1 Å². The number of nitrogens with zero attached hydrogens (tertiary/aromatic N) is 1. The highest BCUT2D eigenvalue weighted by Gasteiger charge is 2.30. The molecule has 0 atom stereocenters. The average molecular weight is 445 g/mol. The molecule has 7 heteroatoms. The fourth-order valence-electron chi connectivity index (χ4n) is 3.91. The Kier molecular flexibility index (Phi) is 7.96. The number of ether oxygens (including phenoxy) is 1. The third-order valence-electron chi connectivity index (χ3n) is 5.55. The zero-order valence-corrected chi connectivity index (χ0v) is 19.2. The minimum atomic E-state index is -3.96. The molecule has 3 rings (SSSR count). The molecule has 2 aromatic rings. The van der Waals surface area contributed by atoms with Crippen LogP contribution in [0, 0.1) is 6.92 Å². The van der Waals surface area contributed by atoms with E-state index in [0.717, 1.165) is 35.6 Å². The van der Waals surface area contributed by atoms with E-state index >= 15 is 0 Å². The molecule has 1 fully saturated rings. The maximum absolute atomic E-state index is 13.6. The van der Waals surface area contributed by atoms with E-state index in [4.69, 9.17) is 4.74 Å². The van der Waals surface area contributed by atoms with E-state index < -0.39 is 10.0 Å². The lowest BCUT2D eigenvalue weighted by Gasteiger charge is -2.27. The largest absolute Gasteiger partial charge is 0.492 e. The van der Waals surface area contributed by atoms with Gasteiger partial charge in [0.1, 0.15) is 12.3 Å². The SMILES string of the molecule is CCOc1ccccc1N(CC(=O)NC1CCCCCC1)S(=O)(=O)c1ccc(C)cc1. The van der Waals surface area contributed by atoms with Crippen molar-refractivity contribution in [3.05, 3.63) is 54.1 Å². The molecular formula is C24H32N2O4S. The molecule has 1 amide bonds.